The fourth-order valence-electron chi connectivity index (χ4n) is 1.64. The van der Waals surface area contributed by atoms with Gasteiger partial charge in [0, 0.05) is 17.3 Å². The third-order valence-electron chi connectivity index (χ3n) is 2.38. The van der Waals surface area contributed by atoms with Gasteiger partial charge in [-0.3, -0.25) is 0 Å². The molecule has 0 amide bonds. The van der Waals surface area contributed by atoms with Crippen molar-refractivity contribution in [3.8, 4) is 11.3 Å². The molecule has 0 aliphatic carbocycles. The highest BCUT2D eigenvalue weighted by Gasteiger charge is 2.02. The Bertz CT molecular complexity index is 551. The third kappa shape index (κ3) is 1.38. The maximum Gasteiger partial charge on any atom is 0.141 e. The van der Waals surface area contributed by atoms with Gasteiger partial charge >= 0.3 is 0 Å². The largest absolute Gasteiger partial charge is 0.339 e. The number of fused-ring (bicyclic) bond motifs is 1. The number of hydrogen-bond acceptors (Lipinski definition) is 2. The molecule has 0 atom stereocenters. The van der Waals surface area contributed by atoms with Gasteiger partial charge in [-0.2, -0.15) is 0 Å². The van der Waals surface area contributed by atoms with E-state index in [4.69, 9.17) is 0 Å². The van der Waals surface area contributed by atoms with Crippen LogP contribution in [-0.4, -0.2) is 15.0 Å². The van der Waals surface area contributed by atoms with Crippen LogP contribution in [0.1, 0.15) is 0 Å². The Kier molecular flexibility index (Phi) is 1.75. The second-order valence-electron chi connectivity index (χ2n) is 3.38. The van der Waals surface area contributed by atoms with Gasteiger partial charge in [0.05, 0.1) is 0 Å². The highest BCUT2D eigenvalue weighted by molar-refractivity contribution is 5.81. The number of rotatable bonds is 1. The van der Waals surface area contributed by atoms with E-state index in [0.717, 1.165) is 22.3 Å². The Labute approximate surface area is 86.8 Å². The molecule has 1 N–H and O–H groups in total. The van der Waals surface area contributed by atoms with Crippen molar-refractivity contribution in [2.45, 2.75) is 0 Å². The molecule has 0 aliphatic rings. The van der Waals surface area contributed by atoms with E-state index >= 15 is 0 Å². The van der Waals surface area contributed by atoms with Crippen molar-refractivity contribution in [3.63, 3.8) is 0 Å². The average Bonchev–Trinajstić information content (AvgIpc) is 2.74. The van der Waals surface area contributed by atoms with E-state index in [0.29, 0.717) is 0 Å². The van der Waals surface area contributed by atoms with Crippen LogP contribution in [0.3, 0.4) is 0 Å². The monoisotopic (exact) mass is 195 g/mol. The van der Waals surface area contributed by atoms with Crippen molar-refractivity contribution in [1.29, 1.82) is 0 Å². The summed E-state index contributed by atoms with van der Waals surface area (Å²) >= 11 is 0. The molecule has 0 fully saturated rings. The van der Waals surface area contributed by atoms with Crippen molar-refractivity contribution in [1.82, 2.24) is 15.0 Å². The normalized spacial score (nSPS) is 10.7. The molecule has 1 aromatic carbocycles. The summed E-state index contributed by atoms with van der Waals surface area (Å²) < 4.78 is 0. The lowest BCUT2D eigenvalue weighted by Crippen LogP contribution is -1.77. The predicted octanol–water partition coefficient (Wildman–Crippen LogP) is 2.62. The molecule has 0 radical (unpaired) electrons. The van der Waals surface area contributed by atoms with Crippen LogP contribution in [0, 0.1) is 0 Å². The van der Waals surface area contributed by atoms with Gasteiger partial charge in [0.2, 0.25) is 0 Å². The number of nitrogens with one attached hydrogen (secondary N) is 1. The van der Waals surface area contributed by atoms with Crippen LogP contribution in [0.5, 0.6) is 0 Å². The molecule has 3 rings (SSSR count). The first-order valence-corrected chi connectivity index (χ1v) is 4.77. The summed E-state index contributed by atoms with van der Waals surface area (Å²) in [5.41, 5.74) is 3.12. The number of hydrogen-bond donors (Lipinski definition) is 1. The summed E-state index contributed by atoms with van der Waals surface area (Å²) in [6.07, 6.45) is 3.36. The Morgan fingerprint density at radius 3 is 2.73 bits per heavy atom. The molecule has 3 nitrogen and oxygen atoms in total. The SMILES string of the molecule is c1ccc(-c2cc3cncnc3[nH]2)cc1. The molecule has 0 bridgehead atoms. The molecule has 3 aromatic rings. The quantitative estimate of drug-likeness (QED) is 0.648. The maximum atomic E-state index is 4.16. The van der Waals surface area contributed by atoms with Gasteiger partial charge in [-0.1, -0.05) is 30.3 Å². The van der Waals surface area contributed by atoms with Crippen LogP contribution in [0.25, 0.3) is 22.3 Å². The van der Waals surface area contributed by atoms with Crippen LogP contribution >= 0.6 is 0 Å². The molecule has 72 valence electrons. The summed E-state index contributed by atoms with van der Waals surface area (Å²) in [4.78, 5) is 11.4. The highest BCUT2D eigenvalue weighted by Crippen LogP contribution is 2.21. The lowest BCUT2D eigenvalue weighted by atomic mass is 10.1. The smallest absolute Gasteiger partial charge is 0.141 e. The number of nitrogens with zero attached hydrogens (tertiary/aromatic N) is 2. The van der Waals surface area contributed by atoms with Crippen LogP contribution in [-0.2, 0) is 0 Å². The second-order valence-corrected chi connectivity index (χ2v) is 3.38. The Hall–Kier alpha value is -2.16. The minimum atomic E-state index is 0.879. The zero-order valence-corrected chi connectivity index (χ0v) is 8.01. The van der Waals surface area contributed by atoms with Crippen LogP contribution in [0.15, 0.2) is 48.9 Å². The molecule has 0 saturated heterocycles. The van der Waals surface area contributed by atoms with Gasteiger partial charge in [0.25, 0.3) is 0 Å². The Morgan fingerprint density at radius 1 is 1.07 bits per heavy atom. The van der Waals surface area contributed by atoms with E-state index in [2.05, 4.69) is 33.2 Å². The molecule has 0 aliphatic heterocycles. The second kappa shape index (κ2) is 3.20. The minimum absolute atomic E-state index is 0.879. The van der Waals surface area contributed by atoms with E-state index < -0.39 is 0 Å². The lowest BCUT2D eigenvalue weighted by Gasteiger charge is -1.94. The molecule has 15 heavy (non-hydrogen) atoms. The predicted molar refractivity (Wildman–Crippen MR) is 59.3 cm³/mol. The van der Waals surface area contributed by atoms with Gasteiger partial charge in [0.15, 0.2) is 0 Å². The Balaban J connectivity index is 2.21. The molecule has 3 heteroatoms. The first-order valence-electron chi connectivity index (χ1n) is 4.77. The third-order valence-corrected chi connectivity index (χ3v) is 2.38. The zero-order valence-electron chi connectivity index (χ0n) is 8.01. The summed E-state index contributed by atoms with van der Waals surface area (Å²) in [7, 11) is 0. The lowest BCUT2D eigenvalue weighted by molar-refractivity contribution is 1.20. The maximum absolute atomic E-state index is 4.16. The molecular weight excluding hydrogens is 186 g/mol. The average molecular weight is 195 g/mol. The van der Waals surface area contributed by atoms with E-state index in [1.165, 1.54) is 0 Å². The number of H-pyrrole nitrogens is 1. The van der Waals surface area contributed by atoms with Gasteiger partial charge in [-0.05, 0) is 11.6 Å². The van der Waals surface area contributed by atoms with Crippen LogP contribution < -0.4 is 0 Å². The number of aromatic nitrogens is 3. The summed E-state index contributed by atoms with van der Waals surface area (Å²) in [6.45, 7) is 0. The van der Waals surface area contributed by atoms with Crippen molar-refractivity contribution in [2.75, 3.05) is 0 Å². The first-order chi connectivity index (χ1) is 7.43. The van der Waals surface area contributed by atoms with E-state index in [9.17, 15) is 0 Å². The summed E-state index contributed by atoms with van der Waals surface area (Å²) in [5.74, 6) is 0. The Morgan fingerprint density at radius 2 is 1.93 bits per heavy atom. The molecule has 0 unspecified atom stereocenters. The molecular formula is C12H9N3. The van der Waals surface area contributed by atoms with Crippen molar-refractivity contribution in [3.05, 3.63) is 48.9 Å². The van der Waals surface area contributed by atoms with Gasteiger partial charge < -0.3 is 4.98 Å². The minimum Gasteiger partial charge on any atom is -0.339 e. The molecule has 2 aromatic heterocycles. The topological polar surface area (TPSA) is 41.6 Å². The molecule has 0 spiro atoms. The van der Waals surface area contributed by atoms with E-state index in [1.807, 2.05) is 24.4 Å². The van der Waals surface area contributed by atoms with Crippen molar-refractivity contribution < 1.29 is 0 Å². The van der Waals surface area contributed by atoms with Crippen LogP contribution in [0.4, 0.5) is 0 Å². The van der Waals surface area contributed by atoms with E-state index in [-0.39, 0.29) is 0 Å². The molecule has 2 heterocycles. The first kappa shape index (κ1) is 8.17. The summed E-state index contributed by atoms with van der Waals surface area (Å²) in [5, 5.41) is 1.04. The standard InChI is InChI=1S/C12H9N3/c1-2-4-9(5-3-1)11-6-10-7-13-8-14-12(10)15-11/h1-8H,(H,13,14,15). The zero-order chi connectivity index (χ0) is 10.1. The molecule has 0 saturated carbocycles. The number of benzene rings is 1. The van der Waals surface area contributed by atoms with Gasteiger partial charge in [-0.25, -0.2) is 9.97 Å². The number of aromatic amines is 1. The van der Waals surface area contributed by atoms with Gasteiger partial charge in [0.1, 0.15) is 12.0 Å². The van der Waals surface area contributed by atoms with E-state index in [1.54, 1.807) is 6.33 Å². The summed E-state index contributed by atoms with van der Waals surface area (Å²) in [6, 6.07) is 12.2. The highest BCUT2D eigenvalue weighted by atomic mass is 14.9. The van der Waals surface area contributed by atoms with Gasteiger partial charge in [-0.15, -0.1) is 0 Å². The fourth-order valence-corrected chi connectivity index (χ4v) is 1.64. The van der Waals surface area contributed by atoms with Crippen molar-refractivity contribution >= 4 is 11.0 Å². The fraction of sp³-hybridized carbons (Fsp3) is 0. The van der Waals surface area contributed by atoms with Crippen LogP contribution in [0.2, 0.25) is 0 Å². The van der Waals surface area contributed by atoms with Crippen molar-refractivity contribution in [2.24, 2.45) is 0 Å².